The summed E-state index contributed by atoms with van der Waals surface area (Å²) in [6, 6.07) is 5.27. The van der Waals surface area contributed by atoms with Gasteiger partial charge in [-0.2, -0.15) is 0 Å². The maximum Gasteiger partial charge on any atom is 0.396 e. The van der Waals surface area contributed by atoms with Gasteiger partial charge >= 0.3 is 11.9 Å². The van der Waals surface area contributed by atoms with Gasteiger partial charge in [0.25, 0.3) is 0 Å². The van der Waals surface area contributed by atoms with E-state index >= 15 is 0 Å². The van der Waals surface area contributed by atoms with E-state index in [2.05, 4.69) is 37.5 Å². The van der Waals surface area contributed by atoms with Gasteiger partial charge in [-0.3, -0.25) is 0 Å². The highest BCUT2D eigenvalue weighted by atomic mass is 127. The van der Waals surface area contributed by atoms with E-state index in [1.165, 1.54) is 7.11 Å². The molecule has 1 aromatic carbocycles. The second-order valence-corrected chi connectivity index (χ2v) is 4.63. The van der Waals surface area contributed by atoms with Crippen molar-refractivity contribution < 1.29 is 13.9 Å². The van der Waals surface area contributed by atoms with Gasteiger partial charge in [0.1, 0.15) is 0 Å². The Morgan fingerprint density at radius 3 is 2.94 bits per heavy atom. The van der Waals surface area contributed by atoms with E-state index in [4.69, 9.17) is 16.0 Å². The molecule has 0 aliphatic heterocycles. The van der Waals surface area contributed by atoms with Crippen molar-refractivity contribution in [1.82, 2.24) is 10.2 Å². The van der Waals surface area contributed by atoms with E-state index in [0.29, 0.717) is 10.6 Å². The Labute approximate surface area is 115 Å². The summed E-state index contributed by atoms with van der Waals surface area (Å²) in [7, 11) is 1.25. The molecule has 17 heavy (non-hydrogen) atoms. The number of halogens is 2. The minimum Gasteiger partial charge on any atom is -0.462 e. The van der Waals surface area contributed by atoms with Crippen LogP contribution in [0, 0.1) is 3.57 Å². The van der Waals surface area contributed by atoms with E-state index in [0.717, 1.165) is 3.57 Å². The summed E-state index contributed by atoms with van der Waals surface area (Å²) < 4.78 is 10.6. The number of nitrogens with zero attached hydrogens (tertiary/aromatic N) is 2. The van der Waals surface area contributed by atoms with Crippen molar-refractivity contribution in [3.8, 4) is 11.5 Å². The monoisotopic (exact) mass is 364 g/mol. The summed E-state index contributed by atoms with van der Waals surface area (Å²) in [6.45, 7) is 0. The van der Waals surface area contributed by atoms with Crippen molar-refractivity contribution in [2.24, 2.45) is 0 Å². The lowest BCUT2D eigenvalue weighted by Crippen LogP contribution is -2.00. The SMILES string of the molecule is COC(=O)c1nnc(-c2cc(Cl)ccc2I)o1. The van der Waals surface area contributed by atoms with Gasteiger partial charge in [-0.1, -0.05) is 11.6 Å². The van der Waals surface area contributed by atoms with Gasteiger partial charge in [-0.25, -0.2) is 4.79 Å². The molecule has 5 nitrogen and oxygen atoms in total. The summed E-state index contributed by atoms with van der Waals surface area (Å²) in [4.78, 5) is 11.2. The van der Waals surface area contributed by atoms with Crippen LogP contribution < -0.4 is 0 Å². The van der Waals surface area contributed by atoms with Crippen molar-refractivity contribution in [2.45, 2.75) is 0 Å². The highest BCUT2D eigenvalue weighted by molar-refractivity contribution is 14.1. The number of benzene rings is 1. The highest BCUT2D eigenvalue weighted by Gasteiger charge is 2.17. The first-order chi connectivity index (χ1) is 8.11. The number of rotatable bonds is 2. The van der Waals surface area contributed by atoms with E-state index < -0.39 is 5.97 Å². The van der Waals surface area contributed by atoms with Crippen LogP contribution in [-0.4, -0.2) is 23.3 Å². The number of ether oxygens (including phenoxy) is 1. The van der Waals surface area contributed by atoms with E-state index in [1.54, 1.807) is 12.1 Å². The fourth-order valence-corrected chi connectivity index (χ4v) is 1.90. The maximum atomic E-state index is 11.2. The van der Waals surface area contributed by atoms with E-state index in [1.807, 2.05) is 6.07 Å². The number of carbonyl (C=O) groups excluding carboxylic acids is 1. The van der Waals surface area contributed by atoms with Gasteiger partial charge in [-0.15, -0.1) is 10.2 Å². The number of aromatic nitrogens is 2. The van der Waals surface area contributed by atoms with Gasteiger partial charge in [0.2, 0.25) is 5.89 Å². The lowest BCUT2D eigenvalue weighted by molar-refractivity contribution is 0.0556. The molecule has 2 rings (SSSR count). The molecule has 0 atom stereocenters. The molecule has 0 spiro atoms. The molecule has 0 fully saturated rings. The Morgan fingerprint density at radius 2 is 2.24 bits per heavy atom. The van der Waals surface area contributed by atoms with Gasteiger partial charge < -0.3 is 9.15 Å². The van der Waals surface area contributed by atoms with Crippen LogP contribution in [0.15, 0.2) is 22.6 Å². The normalized spacial score (nSPS) is 10.3. The summed E-state index contributed by atoms with van der Waals surface area (Å²) in [6.07, 6.45) is 0. The molecule has 0 amide bonds. The Kier molecular flexibility index (Phi) is 3.63. The molecule has 0 saturated carbocycles. The smallest absolute Gasteiger partial charge is 0.396 e. The minimum atomic E-state index is -0.666. The lowest BCUT2D eigenvalue weighted by Gasteiger charge is -1.99. The molecule has 2 aromatic rings. The highest BCUT2D eigenvalue weighted by Crippen LogP contribution is 2.27. The third-order valence-electron chi connectivity index (χ3n) is 1.94. The van der Waals surface area contributed by atoms with Gasteiger partial charge in [-0.05, 0) is 40.8 Å². The van der Waals surface area contributed by atoms with Crippen molar-refractivity contribution in [3.05, 3.63) is 32.7 Å². The molecule has 0 unspecified atom stereocenters. The summed E-state index contributed by atoms with van der Waals surface area (Å²) in [5, 5.41) is 7.93. The van der Waals surface area contributed by atoms with Crippen LogP contribution in [0.1, 0.15) is 10.7 Å². The third kappa shape index (κ3) is 2.58. The molecule has 0 radical (unpaired) electrons. The second kappa shape index (κ2) is 5.01. The van der Waals surface area contributed by atoms with Crippen LogP contribution in [0.4, 0.5) is 0 Å². The molecule has 0 aliphatic rings. The van der Waals surface area contributed by atoms with Crippen molar-refractivity contribution in [3.63, 3.8) is 0 Å². The first-order valence-electron chi connectivity index (χ1n) is 4.49. The number of hydrogen-bond acceptors (Lipinski definition) is 5. The van der Waals surface area contributed by atoms with Crippen molar-refractivity contribution in [2.75, 3.05) is 7.11 Å². The van der Waals surface area contributed by atoms with Crippen LogP contribution in [0.3, 0.4) is 0 Å². The largest absolute Gasteiger partial charge is 0.462 e. The molecule has 88 valence electrons. The molecule has 0 bridgehead atoms. The zero-order valence-corrected chi connectivity index (χ0v) is 11.5. The first-order valence-corrected chi connectivity index (χ1v) is 5.94. The maximum absolute atomic E-state index is 11.2. The fraction of sp³-hybridized carbons (Fsp3) is 0.100. The zero-order chi connectivity index (χ0) is 12.4. The average Bonchev–Trinajstić information content (AvgIpc) is 2.80. The van der Waals surface area contributed by atoms with E-state index in [-0.39, 0.29) is 11.8 Å². The minimum absolute atomic E-state index is 0.182. The van der Waals surface area contributed by atoms with Gasteiger partial charge in [0, 0.05) is 8.59 Å². The first kappa shape index (κ1) is 12.3. The molecule has 0 N–H and O–H groups in total. The van der Waals surface area contributed by atoms with Gasteiger partial charge in [0.15, 0.2) is 0 Å². The number of methoxy groups -OCH3 is 1. The number of esters is 1. The quantitative estimate of drug-likeness (QED) is 0.605. The molecule has 0 aliphatic carbocycles. The topological polar surface area (TPSA) is 65.2 Å². The van der Waals surface area contributed by atoms with E-state index in [9.17, 15) is 4.79 Å². The third-order valence-corrected chi connectivity index (χ3v) is 3.12. The van der Waals surface area contributed by atoms with Crippen LogP contribution in [0.2, 0.25) is 5.02 Å². The predicted octanol–water partition coefficient (Wildman–Crippen LogP) is 2.78. The van der Waals surface area contributed by atoms with Crippen molar-refractivity contribution in [1.29, 1.82) is 0 Å². The molecule has 1 aromatic heterocycles. The van der Waals surface area contributed by atoms with Gasteiger partial charge in [0.05, 0.1) is 12.7 Å². The summed E-state index contributed by atoms with van der Waals surface area (Å²) in [5.41, 5.74) is 0.681. The van der Waals surface area contributed by atoms with Crippen LogP contribution >= 0.6 is 34.2 Å². The Bertz CT molecular complexity index is 570. The second-order valence-electron chi connectivity index (χ2n) is 3.03. The van der Waals surface area contributed by atoms with Crippen LogP contribution in [-0.2, 0) is 4.74 Å². The molecular formula is C10H6ClIN2O3. The Morgan fingerprint density at radius 1 is 1.47 bits per heavy atom. The molecular weight excluding hydrogens is 358 g/mol. The Hall–Kier alpha value is -1.15. The predicted molar refractivity (Wildman–Crippen MR) is 68.8 cm³/mol. The standard InChI is InChI=1S/C10H6ClIN2O3/c1-16-10(15)9-14-13-8(17-9)6-4-5(11)2-3-7(6)12/h2-4H,1H3. The summed E-state index contributed by atoms with van der Waals surface area (Å²) >= 11 is 7.99. The van der Waals surface area contributed by atoms with Crippen molar-refractivity contribution >= 4 is 40.2 Å². The Balaban J connectivity index is 2.43. The summed E-state index contributed by atoms with van der Waals surface area (Å²) in [5.74, 6) is -0.614. The molecule has 0 saturated heterocycles. The molecule has 7 heteroatoms. The zero-order valence-electron chi connectivity index (χ0n) is 8.61. The lowest BCUT2D eigenvalue weighted by atomic mass is 10.2. The van der Waals surface area contributed by atoms with Crippen LogP contribution in [0.25, 0.3) is 11.5 Å². The average molecular weight is 365 g/mol. The van der Waals surface area contributed by atoms with Crippen LogP contribution in [0.5, 0.6) is 0 Å². The fourth-order valence-electron chi connectivity index (χ4n) is 1.16. The number of hydrogen-bond donors (Lipinski definition) is 0. The molecule has 1 heterocycles. The number of carbonyl (C=O) groups is 1.